The van der Waals surface area contributed by atoms with Gasteiger partial charge in [-0.2, -0.15) is 0 Å². The van der Waals surface area contributed by atoms with Crippen LogP contribution in [0.2, 0.25) is 0 Å². The second-order valence-corrected chi connectivity index (χ2v) is 5.24. The summed E-state index contributed by atoms with van der Waals surface area (Å²) in [5.41, 5.74) is 1.84. The van der Waals surface area contributed by atoms with Gasteiger partial charge in [-0.25, -0.2) is 4.90 Å². The number of rotatable bonds is 3. The van der Waals surface area contributed by atoms with Gasteiger partial charge >= 0.3 is 0 Å². The smallest absolute Gasteiger partial charge is 0.258 e. The van der Waals surface area contributed by atoms with Crippen LogP contribution in [0.4, 0.5) is 5.69 Å². The highest BCUT2D eigenvalue weighted by Crippen LogP contribution is 2.24. The molecule has 23 heavy (non-hydrogen) atoms. The van der Waals surface area contributed by atoms with Crippen LogP contribution in [-0.4, -0.2) is 22.7 Å². The standard InChI is InChI=1S/C18H13NO4/c1-11-2-7-15(20)14(10-11)18(23)12-3-5-13(6-4-12)19-16(21)8-9-17(19)22/h2-10,20H,1H3. The largest absolute Gasteiger partial charge is 0.507 e. The van der Waals surface area contributed by atoms with Crippen LogP contribution >= 0.6 is 0 Å². The molecule has 0 unspecified atom stereocenters. The Balaban J connectivity index is 1.90. The molecule has 0 saturated carbocycles. The van der Waals surface area contributed by atoms with Crippen molar-refractivity contribution in [3.05, 3.63) is 71.3 Å². The average molecular weight is 307 g/mol. The van der Waals surface area contributed by atoms with Crippen molar-refractivity contribution in [3.63, 3.8) is 0 Å². The average Bonchev–Trinajstić information content (AvgIpc) is 2.88. The van der Waals surface area contributed by atoms with E-state index in [-0.39, 0.29) is 17.1 Å². The third-order valence-corrected chi connectivity index (χ3v) is 3.59. The van der Waals surface area contributed by atoms with Gasteiger partial charge in [0.2, 0.25) is 0 Å². The first kappa shape index (κ1) is 14.7. The molecule has 0 atom stereocenters. The summed E-state index contributed by atoms with van der Waals surface area (Å²) in [5, 5.41) is 9.84. The molecule has 114 valence electrons. The highest BCUT2D eigenvalue weighted by molar-refractivity contribution is 6.28. The normalized spacial score (nSPS) is 13.7. The van der Waals surface area contributed by atoms with E-state index in [0.29, 0.717) is 11.3 Å². The third kappa shape index (κ3) is 2.64. The molecule has 1 N–H and O–H groups in total. The maximum Gasteiger partial charge on any atom is 0.258 e. The molecule has 2 aromatic carbocycles. The molecule has 0 spiro atoms. The van der Waals surface area contributed by atoms with E-state index < -0.39 is 11.8 Å². The topological polar surface area (TPSA) is 74.7 Å². The molecule has 0 radical (unpaired) electrons. The number of imide groups is 1. The van der Waals surface area contributed by atoms with E-state index >= 15 is 0 Å². The number of ketones is 1. The van der Waals surface area contributed by atoms with Crippen LogP contribution in [-0.2, 0) is 9.59 Å². The van der Waals surface area contributed by atoms with E-state index in [1.165, 1.54) is 42.5 Å². The van der Waals surface area contributed by atoms with Crippen LogP contribution < -0.4 is 4.90 Å². The Kier molecular flexibility index (Phi) is 3.54. The van der Waals surface area contributed by atoms with Gasteiger partial charge in [0, 0.05) is 17.7 Å². The van der Waals surface area contributed by atoms with Gasteiger partial charge in [-0.1, -0.05) is 11.6 Å². The lowest BCUT2D eigenvalue weighted by molar-refractivity contribution is -0.119. The van der Waals surface area contributed by atoms with Crippen LogP contribution in [0.25, 0.3) is 0 Å². The molecule has 1 heterocycles. The summed E-state index contributed by atoms with van der Waals surface area (Å²) < 4.78 is 0. The number of phenols is 1. The van der Waals surface area contributed by atoms with Crippen molar-refractivity contribution in [2.45, 2.75) is 6.92 Å². The van der Waals surface area contributed by atoms with Gasteiger partial charge in [-0.05, 0) is 43.3 Å². The van der Waals surface area contributed by atoms with Gasteiger partial charge in [0.25, 0.3) is 11.8 Å². The molecule has 5 nitrogen and oxygen atoms in total. The zero-order valence-electron chi connectivity index (χ0n) is 12.3. The van der Waals surface area contributed by atoms with Crippen LogP contribution in [0.5, 0.6) is 5.75 Å². The summed E-state index contributed by atoms with van der Waals surface area (Å²) in [4.78, 5) is 36.7. The number of hydrogen-bond donors (Lipinski definition) is 1. The Bertz CT molecular complexity index is 832. The minimum Gasteiger partial charge on any atom is -0.507 e. The van der Waals surface area contributed by atoms with E-state index in [4.69, 9.17) is 0 Å². The van der Waals surface area contributed by atoms with E-state index in [2.05, 4.69) is 0 Å². The number of amides is 2. The van der Waals surface area contributed by atoms with Crippen LogP contribution in [0.3, 0.4) is 0 Å². The molecule has 2 aromatic rings. The van der Waals surface area contributed by atoms with Gasteiger partial charge in [-0.15, -0.1) is 0 Å². The van der Waals surface area contributed by atoms with Gasteiger partial charge in [0.05, 0.1) is 11.3 Å². The zero-order valence-corrected chi connectivity index (χ0v) is 12.3. The minimum atomic E-state index is -0.412. The summed E-state index contributed by atoms with van der Waals surface area (Å²) >= 11 is 0. The van der Waals surface area contributed by atoms with Crippen molar-refractivity contribution in [2.75, 3.05) is 4.90 Å². The maximum atomic E-state index is 12.5. The minimum absolute atomic E-state index is 0.0845. The molecule has 0 aliphatic carbocycles. The number of nitrogens with zero attached hydrogens (tertiary/aromatic N) is 1. The number of aryl methyl sites for hydroxylation is 1. The predicted molar refractivity (Wildman–Crippen MR) is 84.4 cm³/mol. The molecule has 2 amide bonds. The molecular formula is C18H13NO4. The predicted octanol–water partition coefficient (Wildman–Crippen LogP) is 2.36. The van der Waals surface area contributed by atoms with Gasteiger partial charge < -0.3 is 5.11 Å². The Labute approximate surface area is 132 Å². The summed E-state index contributed by atoms with van der Waals surface area (Å²) in [5.74, 6) is -1.23. The quantitative estimate of drug-likeness (QED) is 0.698. The van der Waals surface area contributed by atoms with E-state index in [1.807, 2.05) is 6.92 Å². The lowest BCUT2D eigenvalue weighted by Gasteiger charge is -2.14. The van der Waals surface area contributed by atoms with Crippen molar-refractivity contribution >= 4 is 23.3 Å². The number of benzene rings is 2. The summed E-state index contributed by atoms with van der Waals surface area (Å²) in [7, 11) is 0. The Morgan fingerprint density at radius 2 is 1.57 bits per heavy atom. The fourth-order valence-corrected chi connectivity index (χ4v) is 2.40. The zero-order chi connectivity index (χ0) is 16.6. The van der Waals surface area contributed by atoms with Gasteiger partial charge in [0.15, 0.2) is 5.78 Å². The van der Waals surface area contributed by atoms with Crippen molar-refractivity contribution in [2.24, 2.45) is 0 Å². The molecular weight excluding hydrogens is 294 g/mol. The second kappa shape index (κ2) is 5.53. The van der Waals surface area contributed by atoms with Crippen molar-refractivity contribution in [1.82, 2.24) is 0 Å². The number of carbonyl (C=O) groups excluding carboxylic acids is 3. The first-order valence-electron chi connectivity index (χ1n) is 6.98. The summed E-state index contributed by atoms with van der Waals surface area (Å²) in [6.07, 6.45) is 2.40. The van der Waals surface area contributed by atoms with Gasteiger partial charge in [-0.3, -0.25) is 14.4 Å². The molecule has 0 saturated heterocycles. The maximum absolute atomic E-state index is 12.5. The van der Waals surface area contributed by atoms with Crippen LogP contribution in [0, 0.1) is 6.92 Å². The Morgan fingerprint density at radius 3 is 2.17 bits per heavy atom. The van der Waals surface area contributed by atoms with Crippen molar-refractivity contribution < 1.29 is 19.5 Å². The fraction of sp³-hybridized carbons (Fsp3) is 0.0556. The van der Waals surface area contributed by atoms with E-state index in [1.54, 1.807) is 12.1 Å². The highest BCUT2D eigenvalue weighted by Gasteiger charge is 2.25. The number of aromatic hydroxyl groups is 1. The number of hydrogen-bond acceptors (Lipinski definition) is 4. The van der Waals surface area contributed by atoms with Crippen LogP contribution in [0.1, 0.15) is 21.5 Å². The third-order valence-electron chi connectivity index (χ3n) is 3.59. The molecule has 3 rings (SSSR count). The lowest BCUT2D eigenvalue weighted by Crippen LogP contribution is -2.29. The monoisotopic (exact) mass is 307 g/mol. The Hall–Kier alpha value is -3.21. The van der Waals surface area contributed by atoms with Gasteiger partial charge in [0.1, 0.15) is 5.75 Å². The number of phenolic OH excluding ortho intramolecular Hbond substituents is 1. The Morgan fingerprint density at radius 1 is 0.957 bits per heavy atom. The van der Waals surface area contributed by atoms with E-state index in [0.717, 1.165) is 10.5 Å². The molecule has 0 aromatic heterocycles. The molecule has 0 fully saturated rings. The number of anilines is 1. The van der Waals surface area contributed by atoms with E-state index in [9.17, 15) is 19.5 Å². The van der Waals surface area contributed by atoms with Crippen molar-refractivity contribution in [1.29, 1.82) is 0 Å². The van der Waals surface area contributed by atoms with Crippen molar-refractivity contribution in [3.8, 4) is 5.75 Å². The van der Waals surface area contributed by atoms with Crippen LogP contribution in [0.15, 0.2) is 54.6 Å². The SMILES string of the molecule is Cc1ccc(O)c(C(=O)c2ccc(N3C(=O)C=CC3=O)cc2)c1. The molecule has 1 aliphatic rings. The first-order valence-corrected chi connectivity index (χ1v) is 6.98. The molecule has 1 aliphatic heterocycles. The molecule has 0 bridgehead atoms. The highest BCUT2D eigenvalue weighted by atomic mass is 16.3. The second-order valence-electron chi connectivity index (χ2n) is 5.24. The summed E-state index contributed by atoms with van der Waals surface area (Å²) in [6.45, 7) is 1.83. The molecule has 5 heteroatoms. The first-order chi connectivity index (χ1) is 11.0. The number of carbonyl (C=O) groups is 3. The fourth-order valence-electron chi connectivity index (χ4n) is 2.40. The summed E-state index contributed by atoms with van der Waals surface area (Å²) in [6, 6.07) is 10.9. The lowest BCUT2D eigenvalue weighted by atomic mass is 10.0.